The third-order valence-corrected chi connectivity index (χ3v) is 3.81. The van der Waals surface area contributed by atoms with Gasteiger partial charge in [-0.25, -0.2) is 0 Å². The number of carbonyl (C=O) groups excluding carboxylic acids is 1. The van der Waals surface area contributed by atoms with Gasteiger partial charge in [0, 0.05) is 11.5 Å². The maximum atomic E-state index is 12.1. The van der Waals surface area contributed by atoms with Crippen LogP contribution in [0.25, 0.3) is 0 Å². The topological polar surface area (TPSA) is 29.1 Å². The molecule has 0 aliphatic heterocycles. The number of hydrogen-bond donors (Lipinski definition) is 1. The Bertz CT molecular complexity index is 229. The number of carbonyl (C=O) groups is 1. The van der Waals surface area contributed by atoms with Crippen LogP contribution in [0.3, 0.4) is 0 Å². The molecule has 1 unspecified atom stereocenters. The lowest BCUT2D eigenvalue weighted by Crippen LogP contribution is -2.42. The van der Waals surface area contributed by atoms with Crippen molar-refractivity contribution in [1.82, 2.24) is 5.32 Å². The first kappa shape index (κ1) is 13.5. The van der Waals surface area contributed by atoms with Crippen LogP contribution < -0.4 is 5.32 Å². The highest BCUT2D eigenvalue weighted by molar-refractivity contribution is 5.82. The Hall–Kier alpha value is -0.530. The van der Waals surface area contributed by atoms with E-state index in [9.17, 15) is 4.79 Å². The zero-order valence-corrected chi connectivity index (χ0v) is 11.3. The van der Waals surface area contributed by atoms with Crippen molar-refractivity contribution in [2.75, 3.05) is 0 Å². The summed E-state index contributed by atoms with van der Waals surface area (Å²) in [6.07, 6.45) is 6.84. The van der Waals surface area contributed by atoms with Gasteiger partial charge in [0.05, 0.1) is 0 Å². The van der Waals surface area contributed by atoms with E-state index < -0.39 is 0 Å². The van der Waals surface area contributed by atoms with E-state index in [2.05, 4.69) is 33.0 Å². The fourth-order valence-electron chi connectivity index (χ4n) is 2.44. The molecule has 1 atom stereocenters. The van der Waals surface area contributed by atoms with Crippen LogP contribution in [-0.4, -0.2) is 11.9 Å². The van der Waals surface area contributed by atoms with Gasteiger partial charge in [0.15, 0.2) is 0 Å². The predicted octanol–water partition coefficient (Wildman–Crippen LogP) is 3.51. The summed E-state index contributed by atoms with van der Waals surface area (Å²) in [5, 5.41) is 3.18. The summed E-state index contributed by atoms with van der Waals surface area (Å²) in [4.78, 5) is 12.1. The molecule has 2 nitrogen and oxygen atoms in total. The number of nitrogens with one attached hydrogen (secondary N) is 1. The zero-order chi connectivity index (χ0) is 12.2. The van der Waals surface area contributed by atoms with E-state index in [0.29, 0.717) is 6.04 Å². The van der Waals surface area contributed by atoms with Crippen LogP contribution in [0.2, 0.25) is 0 Å². The summed E-state index contributed by atoms with van der Waals surface area (Å²) in [5.74, 6) is 1.00. The molecule has 0 aromatic rings. The zero-order valence-electron chi connectivity index (χ0n) is 11.3. The molecule has 2 heteroatoms. The minimum Gasteiger partial charge on any atom is -0.353 e. The molecular weight excluding hydrogens is 198 g/mol. The maximum absolute atomic E-state index is 12.1. The van der Waals surface area contributed by atoms with Gasteiger partial charge < -0.3 is 5.32 Å². The molecule has 0 aromatic carbocycles. The van der Waals surface area contributed by atoms with Crippen molar-refractivity contribution in [3.63, 3.8) is 0 Å². The Kier molecular flexibility index (Phi) is 4.82. The van der Waals surface area contributed by atoms with E-state index in [0.717, 1.165) is 25.2 Å². The molecule has 1 fully saturated rings. The lowest BCUT2D eigenvalue weighted by molar-refractivity contribution is -0.130. The summed E-state index contributed by atoms with van der Waals surface area (Å²) in [6.45, 7) is 8.70. The highest BCUT2D eigenvalue weighted by Gasteiger charge is 2.36. The monoisotopic (exact) mass is 225 g/mol. The van der Waals surface area contributed by atoms with E-state index in [1.807, 2.05) is 0 Å². The Labute approximate surface area is 100 Å². The fourth-order valence-corrected chi connectivity index (χ4v) is 2.44. The first-order valence-corrected chi connectivity index (χ1v) is 6.75. The normalized spacial score (nSPS) is 21.1. The van der Waals surface area contributed by atoms with E-state index in [1.54, 1.807) is 0 Å². The van der Waals surface area contributed by atoms with Crippen LogP contribution in [0.15, 0.2) is 0 Å². The SMILES string of the molecule is CC(C)CCC(C)NC(=O)C1(C)CCCC1. The molecular formula is C14H27NO. The van der Waals surface area contributed by atoms with Gasteiger partial charge in [0.2, 0.25) is 5.91 Å². The summed E-state index contributed by atoms with van der Waals surface area (Å²) in [5.41, 5.74) is -0.0773. The van der Waals surface area contributed by atoms with Crippen LogP contribution in [0.1, 0.15) is 66.2 Å². The number of rotatable bonds is 5. The van der Waals surface area contributed by atoms with Crippen molar-refractivity contribution in [3.8, 4) is 0 Å². The standard InChI is InChI=1S/C14H27NO/c1-11(2)7-8-12(3)15-13(16)14(4)9-5-6-10-14/h11-12H,5-10H2,1-4H3,(H,15,16). The highest BCUT2D eigenvalue weighted by atomic mass is 16.2. The van der Waals surface area contributed by atoms with Gasteiger partial charge in [-0.15, -0.1) is 0 Å². The molecule has 94 valence electrons. The minimum atomic E-state index is -0.0773. The Morgan fingerprint density at radius 2 is 1.75 bits per heavy atom. The maximum Gasteiger partial charge on any atom is 0.226 e. The average Bonchev–Trinajstić information content (AvgIpc) is 2.63. The van der Waals surface area contributed by atoms with E-state index in [4.69, 9.17) is 0 Å². The average molecular weight is 225 g/mol. The van der Waals surface area contributed by atoms with Crippen LogP contribution in [0, 0.1) is 11.3 Å². The molecule has 0 heterocycles. The molecule has 0 spiro atoms. The predicted molar refractivity (Wildman–Crippen MR) is 68.3 cm³/mol. The van der Waals surface area contributed by atoms with Gasteiger partial charge in [0.25, 0.3) is 0 Å². The number of amides is 1. The molecule has 1 aliphatic carbocycles. The van der Waals surface area contributed by atoms with Crippen molar-refractivity contribution in [2.45, 2.75) is 72.3 Å². The largest absolute Gasteiger partial charge is 0.353 e. The van der Waals surface area contributed by atoms with Crippen molar-refractivity contribution in [3.05, 3.63) is 0 Å². The lowest BCUT2D eigenvalue weighted by Gasteiger charge is -2.25. The van der Waals surface area contributed by atoms with Crippen LogP contribution in [-0.2, 0) is 4.79 Å². The molecule has 0 aromatic heterocycles. The molecule has 16 heavy (non-hydrogen) atoms. The quantitative estimate of drug-likeness (QED) is 0.762. The minimum absolute atomic E-state index is 0.0773. The summed E-state index contributed by atoms with van der Waals surface area (Å²) < 4.78 is 0. The van der Waals surface area contributed by atoms with Gasteiger partial charge >= 0.3 is 0 Å². The van der Waals surface area contributed by atoms with Crippen LogP contribution >= 0.6 is 0 Å². The Morgan fingerprint density at radius 1 is 1.19 bits per heavy atom. The molecule has 1 amide bonds. The molecule has 0 bridgehead atoms. The Morgan fingerprint density at radius 3 is 2.25 bits per heavy atom. The second-order valence-electron chi connectivity index (χ2n) is 6.11. The van der Waals surface area contributed by atoms with E-state index >= 15 is 0 Å². The van der Waals surface area contributed by atoms with Gasteiger partial charge in [-0.05, 0) is 38.5 Å². The molecule has 1 saturated carbocycles. The second kappa shape index (κ2) is 5.70. The molecule has 1 aliphatic rings. The van der Waals surface area contributed by atoms with Crippen LogP contribution in [0.4, 0.5) is 0 Å². The highest BCUT2D eigenvalue weighted by Crippen LogP contribution is 2.37. The molecule has 1 rings (SSSR count). The second-order valence-corrected chi connectivity index (χ2v) is 6.11. The lowest BCUT2D eigenvalue weighted by atomic mass is 9.87. The van der Waals surface area contributed by atoms with Gasteiger partial charge in [-0.2, -0.15) is 0 Å². The summed E-state index contributed by atoms with van der Waals surface area (Å²) >= 11 is 0. The first-order valence-electron chi connectivity index (χ1n) is 6.75. The summed E-state index contributed by atoms with van der Waals surface area (Å²) in [7, 11) is 0. The summed E-state index contributed by atoms with van der Waals surface area (Å²) in [6, 6.07) is 0.326. The fraction of sp³-hybridized carbons (Fsp3) is 0.929. The molecule has 1 N–H and O–H groups in total. The smallest absolute Gasteiger partial charge is 0.226 e. The third-order valence-electron chi connectivity index (χ3n) is 3.81. The van der Waals surface area contributed by atoms with Crippen molar-refractivity contribution < 1.29 is 4.79 Å². The van der Waals surface area contributed by atoms with Crippen molar-refractivity contribution >= 4 is 5.91 Å². The number of hydrogen-bond acceptors (Lipinski definition) is 1. The van der Waals surface area contributed by atoms with Gasteiger partial charge in [-0.1, -0.05) is 33.6 Å². The van der Waals surface area contributed by atoms with E-state index in [1.165, 1.54) is 19.3 Å². The molecule has 0 saturated heterocycles. The third kappa shape index (κ3) is 3.80. The first-order chi connectivity index (χ1) is 7.44. The van der Waals surface area contributed by atoms with E-state index in [-0.39, 0.29) is 11.3 Å². The Balaban J connectivity index is 2.33. The van der Waals surface area contributed by atoms with Crippen LogP contribution in [0.5, 0.6) is 0 Å². The van der Waals surface area contributed by atoms with Gasteiger partial charge in [-0.3, -0.25) is 4.79 Å². The molecule has 0 radical (unpaired) electrons. The van der Waals surface area contributed by atoms with Crippen molar-refractivity contribution in [1.29, 1.82) is 0 Å². The van der Waals surface area contributed by atoms with Crippen molar-refractivity contribution in [2.24, 2.45) is 11.3 Å². The van der Waals surface area contributed by atoms with Gasteiger partial charge in [0.1, 0.15) is 0 Å².